The Balaban J connectivity index is 2.12. The van der Waals surface area contributed by atoms with Crippen LogP contribution in [0, 0.1) is 20.8 Å². The smallest absolute Gasteiger partial charge is 0.337 e. The number of carbonyl (C=O) groups is 1. The van der Waals surface area contributed by atoms with Gasteiger partial charge >= 0.3 is 5.97 Å². The third-order valence-electron chi connectivity index (χ3n) is 6.60. The first-order valence-electron chi connectivity index (χ1n) is 11.9. The summed E-state index contributed by atoms with van der Waals surface area (Å²) in [5.74, 6) is -0.978. The summed E-state index contributed by atoms with van der Waals surface area (Å²) in [5, 5.41) is 11.5. The van der Waals surface area contributed by atoms with Gasteiger partial charge in [-0.3, -0.25) is 0 Å². The predicted molar refractivity (Wildman–Crippen MR) is 137 cm³/mol. The van der Waals surface area contributed by atoms with Gasteiger partial charge in [-0.2, -0.15) is 0 Å². The molecule has 0 radical (unpaired) electrons. The lowest BCUT2D eigenvalue weighted by Crippen LogP contribution is -2.36. The van der Waals surface area contributed by atoms with Gasteiger partial charge in [0.25, 0.3) is 0 Å². The monoisotopic (exact) mass is 464 g/mol. The number of carboxylic acids is 1. The Morgan fingerprint density at radius 3 is 2.38 bits per heavy atom. The molecule has 2 heterocycles. The van der Waals surface area contributed by atoms with E-state index in [0.717, 1.165) is 64.0 Å². The number of aromatic nitrogens is 1. The van der Waals surface area contributed by atoms with Crippen LogP contribution < -0.4 is 4.90 Å². The van der Waals surface area contributed by atoms with Gasteiger partial charge in [0.15, 0.2) is 6.10 Å². The lowest BCUT2D eigenvalue weighted by Gasteiger charge is -2.36. The summed E-state index contributed by atoms with van der Waals surface area (Å²) in [5.41, 5.74) is 7.60. The minimum absolute atomic E-state index is 0.608. The van der Waals surface area contributed by atoms with E-state index in [1.165, 1.54) is 5.69 Å². The van der Waals surface area contributed by atoms with Gasteiger partial charge in [-0.25, -0.2) is 4.79 Å². The molecule has 0 fully saturated rings. The first kappa shape index (κ1) is 24.3. The van der Waals surface area contributed by atoms with Crippen LogP contribution in [-0.2, 0) is 20.8 Å². The largest absolute Gasteiger partial charge is 0.479 e. The third kappa shape index (κ3) is 4.32. The molecule has 2 aromatic carbocycles. The SMILES string of the molecule is COCCN1CCn2c(C)cc3c(-c4ccc(C)cc4)c(C(OC(C)(C)C)C(=O)O)c(C)c1c32. The van der Waals surface area contributed by atoms with Gasteiger partial charge in [-0.1, -0.05) is 29.8 Å². The van der Waals surface area contributed by atoms with Crippen molar-refractivity contribution in [2.45, 2.75) is 59.8 Å². The molecule has 34 heavy (non-hydrogen) atoms. The molecule has 3 aromatic rings. The topological polar surface area (TPSA) is 63.9 Å². The third-order valence-corrected chi connectivity index (χ3v) is 6.60. The number of rotatable bonds is 7. The van der Waals surface area contributed by atoms with Crippen LogP contribution in [0.1, 0.15) is 49.3 Å². The van der Waals surface area contributed by atoms with Crippen LogP contribution in [0.4, 0.5) is 5.69 Å². The fourth-order valence-electron chi connectivity index (χ4n) is 5.14. The van der Waals surface area contributed by atoms with Gasteiger partial charge in [-0.05, 0) is 64.3 Å². The van der Waals surface area contributed by atoms with Crippen molar-refractivity contribution >= 4 is 22.6 Å². The van der Waals surface area contributed by atoms with Crippen LogP contribution >= 0.6 is 0 Å². The van der Waals surface area contributed by atoms with E-state index in [1.54, 1.807) is 7.11 Å². The van der Waals surface area contributed by atoms with Gasteiger partial charge in [0, 0.05) is 43.4 Å². The van der Waals surface area contributed by atoms with Crippen molar-refractivity contribution < 1.29 is 19.4 Å². The first-order chi connectivity index (χ1) is 16.0. The maximum atomic E-state index is 12.7. The molecule has 0 saturated heterocycles. The summed E-state index contributed by atoms with van der Waals surface area (Å²) in [4.78, 5) is 15.0. The molecular weight excluding hydrogens is 428 g/mol. The van der Waals surface area contributed by atoms with E-state index in [9.17, 15) is 9.90 Å². The number of aryl methyl sites for hydroxylation is 2. The number of carboxylic acid groups (broad SMARTS) is 1. The normalized spacial score (nSPS) is 14.6. The Bertz CT molecular complexity index is 1220. The van der Waals surface area contributed by atoms with E-state index in [2.05, 4.69) is 53.6 Å². The Morgan fingerprint density at radius 1 is 1.12 bits per heavy atom. The van der Waals surface area contributed by atoms with Crippen LogP contribution in [-0.4, -0.2) is 48.1 Å². The average Bonchev–Trinajstić information content (AvgIpc) is 3.10. The number of aliphatic carboxylic acids is 1. The highest BCUT2D eigenvalue weighted by Crippen LogP contribution is 2.47. The van der Waals surface area contributed by atoms with Crippen molar-refractivity contribution in [2.24, 2.45) is 0 Å². The fourth-order valence-corrected chi connectivity index (χ4v) is 5.14. The summed E-state index contributed by atoms with van der Waals surface area (Å²) in [7, 11) is 1.71. The molecule has 0 spiro atoms. The molecule has 6 heteroatoms. The van der Waals surface area contributed by atoms with Crippen LogP contribution in [0.5, 0.6) is 0 Å². The number of hydrogen-bond acceptors (Lipinski definition) is 4. The van der Waals surface area contributed by atoms with Gasteiger partial charge in [0.2, 0.25) is 0 Å². The zero-order valence-electron chi connectivity index (χ0n) is 21.4. The maximum Gasteiger partial charge on any atom is 0.337 e. The van der Waals surface area contributed by atoms with Crippen LogP contribution in [0.3, 0.4) is 0 Å². The molecule has 1 atom stereocenters. The molecule has 1 aliphatic heterocycles. The Kier molecular flexibility index (Phi) is 6.49. The van der Waals surface area contributed by atoms with Crippen LogP contribution in [0.25, 0.3) is 22.0 Å². The van der Waals surface area contributed by atoms with E-state index in [-0.39, 0.29) is 0 Å². The van der Waals surface area contributed by atoms with Gasteiger partial charge in [0.05, 0.1) is 23.4 Å². The van der Waals surface area contributed by atoms with Crippen molar-refractivity contribution in [3.63, 3.8) is 0 Å². The second kappa shape index (κ2) is 9.08. The van der Waals surface area contributed by atoms with E-state index < -0.39 is 17.7 Å². The fraction of sp³-hybridized carbons (Fsp3) is 0.464. The van der Waals surface area contributed by atoms with Crippen molar-refractivity contribution in [2.75, 3.05) is 31.7 Å². The lowest BCUT2D eigenvalue weighted by atomic mass is 9.87. The number of methoxy groups -OCH3 is 1. The second-order valence-electron chi connectivity index (χ2n) is 10.3. The summed E-state index contributed by atoms with van der Waals surface area (Å²) in [6.45, 7) is 15.0. The summed E-state index contributed by atoms with van der Waals surface area (Å²) in [6, 6.07) is 10.5. The first-order valence-corrected chi connectivity index (χ1v) is 11.9. The average molecular weight is 465 g/mol. The Hall–Kier alpha value is -2.83. The molecule has 1 unspecified atom stereocenters. The summed E-state index contributed by atoms with van der Waals surface area (Å²) < 4.78 is 14.0. The van der Waals surface area contributed by atoms with Gasteiger partial charge in [-0.15, -0.1) is 0 Å². The van der Waals surface area contributed by atoms with Gasteiger partial charge in [0.1, 0.15) is 0 Å². The minimum atomic E-state index is -1.09. The molecule has 0 amide bonds. The molecular formula is C28H36N2O4. The molecule has 0 bridgehead atoms. The minimum Gasteiger partial charge on any atom is -0.479 e. The van der Waals surface area contributed by atoms with E-state index in [1.807, 2.05) is 27.7 Å². The zero-order chi connectivity index (χ0) is 24.8. The van der Waals surface area contributed by atoms with E-state index in [4.69, 9.17) is 9.47 Å². The number of hydrogen-bond donors (Lipinski definition) is 1. The molecule has 4 rings (SSSR count). The lowest BCUT2D eigenvalue weighted by molar-refractivity contribution is -0.160. The molecule has 0 aliphatic carbocycles. The standard InChI is InChI=1S/C28H36N2O4/c1-17-8-10-20(11-9-17)23-21-16-18(2)30-13-12-29(14-15-33-7)24(25(21)30)19(3)22(23)26(27(31)32)34-28(4,5)6/h8-11,16,26H,12-15H2,1-7H3,(H,31,32). The summed E-state index contributed by atoms with van der Waals surface area (Å²) >= 11 is 0. The maximum absolute atomic E-state index is 12.7. The number of ether oxygens (including phenoxy) is 2. The highest BCUT2D eigenvalue weighted by atomic mass is 16.5. The molecule has 1 aromatic heterocycles. The van der Waals surface area contributed by atoms with Crippen LogP contribution in [0.2, 0.25) is 0 Å². The number of benzene rings is 2. The molecule has 1 N–H and O–H groups in total. The van der Waals surface area contributed by atoms with Crippen molar-refractivity contribution in [1.29, 1.82) is 0 Å². The van der Waals surface area contributed by atoms with Crippen molar-refractivity contribution in [3.05, 3.63) is 52.7 Å². The highest BCUT2D eigenvalue weighted by molar-refractivity contribution is 6.07. The number of nitrogens with zero attached hydrogens (tertiary/aromatic N) is 2. The van der Waals surface area contributed by atoms with Gasteiger partial charge < -0.3 is 24.0 Å². The predicted octanol–water partition coefficient (Wildman–Crippen LogP) is 5.64. The number of anilines is 1. The zero-order valence-corrected chi connectivity index (χ0v) is 21.4. The van der Waals surface area contributed by atoms with Crippen LogP contribution in [0.15, 0.2) is 30.3 Å². The van der Waals surface area contributed by atoms with Crippen molar-refractivity contribution in [3.8, 4) is 11.1 Å². The molecule has 0 saturated carbocycles. The van der Waals surface area contributed by atoms with Crippen molar-refractivity contribution in [1.82, 2.24) is 4.57 Å². The molecule has 1 aliphatic rings. The second-order valence-corrected chi connectivity index (χ2v) is 10.3. The highest BCUT2D eigenvalue weighted by Gasteiger charge is 2.35. The Labute approximate surface area is 202 Å². The van der Waals surface area contributed by atoms with E-state index >= 15 is 0 Å². The summed E-state index contributed by atoms with van der Waals surface area (Å²) in [6.07, 6.45) is -1.09. The molecule has 182 valence electrons. The molecule has 6 nitrogen and oxygen atoms in total. The van der Waals surface area contributed by atoms with E-state index in [0.29, 0.717) is 6.61 Å². The quantitative estimate of drug-likeness (QED) is 0.490. The Morgan fingerprint density at radius 2 is 1.79 bits per heavy atom.